The largest absolute Gasteiger partial charge is 0.339 e. The van der Waals surface area contributed by atoms with E-state index in [0.29, 0.717) is 34.5 Å². The van der Waals surface area contributed by atoms with Crippen LogP contribution in [0.4, 0.5) is 10.1 Å². The molecule has 5 nitrogen and oxygen atoms in total. The normalized spacial score (nSPS) is 17.1. The van der Waals surface area contributed by atoms with Gasteiger partial charge >= 0.3 is 0 Å². The van der Waals surface area contributed by atoms with E-state index in [1.165, 1.54) is 12.1 Å². The van der Waals surface area contributed by atoms with Crippen molar-refractivity contribution in [2.24, 2.45) is 0 Å². The number of carbonyl (C=O) groups excluding carboxylic acids is 1. The van der Waals surface area contributed by atoms with Gasteiger partial charge < -0.3 is 9.42 Å². The molecule has 0 spiro atoms. The van der Waals surface area contributed by atoms with Crippen LogP contribution in [0.15, 0.2) is 47.0 Å². The van der Waals surface area contributed by atoms with Crippen LogP contribution >= 0.6 is 11.6 Å². The second-order valence-electron chi connectivity index (χ2n) is 6.30. The van der Waals surface area contributed by atoms with Gasteiger partial charge in [0.15, 0.2) is 0 Å². The number of amides is 1. The molecule has 1 amide bonds. The van der Waals surface area contributed by atoms with Crippen molar-refractivity contribution in [3.05, 3.63) is 64.8 Å². The molecule has 2 aromatic carbocycles. The highest BCUT2D eigenvalue weighted by molar-refractivity contribution is 6.30. The van der Waals surface area contributed by atoms with Gasteiger partial charge in [-0.15, -0.1) is 0 Å². The highest BCUT2D eigenvalue weighted by Crippen LogP contribution is 2.33. The fourth-order valence-corrected chi connectivity index (χ4v) is 3.36. The summed E-state index contributed by atoms with van der Waals surface area (Å²) in [5, 5.41) is 4.59. The van der Waals surface area contributed by atoms with Gasteiger partial charge in [-0.1, -0.05) is 28.9 Å². The Bertz CT molecular complexity index is 988. The predicted molar refractivity (Wildman–Crippen MR) is 95.6 cm³/mol. The molecule has 1 fully saturated rings. The lowest BCUT2D eigenvalue weighted by molar-refractivity contribution is -0.117. The van der Waals surface area contributed by atoms with Crippen molar-refractivity contribution < 1.29 is 13.7 Å². The standard InChI is InChI=1S/C19H15ClFN3O2/c1-11-7-15(21)5-6-16(11)24-10-13(9-17(24)25)19-22-18(23-26-19)12-3-2-4-14(20)8-12/h2-8,13H,9-10H2,1H3. The van der Waals surface area contributed by atoms with Gasteiger partial charge in [0.2, 0.25) is 17.6 Å². The molecule has 1 unspecified atom stereocenters. The minimum absolute atomic E-state index is 0.0489. The Kier molecular flexibility index (Phi) is 4.20. The average Bonchev–Trinajstić information content (AvgIpc) is 3.22. The number of nitrogens with zero attached hydrogens (tertiary/aromatic N) is 3. The van der Waals surface area contributed by atoms with Crippen LogP contribution in [-0.4, -0.2) is 22.6 Å². The number of halogens is 2. The van der Waals surface area contributed by atoms with Crippen LogP contribution < -0.4 is 4.90 Å². The zero-order valence-electron chi connectivity index (χ0n) is 13.9. The molecule has 0 N–H and O–H groups in total. The van der Waals surface area contributed by atoms with E-state index >= 15 is 0 Å². The minimum Gasteiger partial charge on any atom is -0.339 e. The highest BCUT2D eigenvalue weighted by Gasteiger charge is 2.35. The number of aryl methyl sites for hydroxylation is 1. The van der Waals surface area contributed by atoms with Crippen LogP contribution in [0.25, 0.3) is 11.4 Å². The molecule has 2 heterocycles. The summed E-state index contributed by atoms with van der Waals surface area (Å²) in [4.78, 5) is 18.5. The van der Waals surface area contributed by atoms with Gasteiger partial charge in [-0.05, 0) is 42.8 Å². The lowest BCUT2D eigenvalue weighted by Gasteiger charge is -2.18. The monoisotopic (exact) mass is 371 g/mol. The molecular weight excluding hydrogens is 357 g/mol. The number of rotatable bonds is 3. The lowest BCUT2D eigenvalue weighted by atomic mass is 10.1. The van der Waals surface area contributed by atoms with Gasteiger partial charge in [-0.3, -0.25) is 4.79 Å². The molecule has 1 aromatic heterocycles. The molecule has 26 heavy (non-hydrogen) atoms. The fourth-order valence-electron chi connectivity index (χ4n) is 3.17. The fraction of sp³-hybridized carbons (Fsp3) is 0.211. The molecule has 4 rings (SSSR count). The second-order valence-corrected chi connectivity index (χ2v) is 6.74. The summed E-state index contributed by atoms with van der Waals surface area (Å²) in [5.41, 5.74) is 2.17. The van der Waals surface area contributed by atoms with E-state index < -0.39 is 0 Å². The van der Waals surface area contributed by atoms with E-state index in [9.17, 15) is 9.18 Å². The Morgan fingerprint density at radius 1 is 1.27 bits per heavy atom. The molecule has 0 aliphatic carbocycles. The van der Waals surface area contributed by atoms with Crippen molar-refractivity contribution in [2.75, 3.05) is 11.4 Å². The number of anilines is 1. The van der Waals surface area contributed by atoms with Gasteiger partial charge in [0.25, 0.3) is 0 Å². The Morgan fingerprint density at radius 3 is 2.88 bits per heavy atom. The maximum absolute atomic E-state index is 13.3. The third kappa shape index (κ3) is 3.08. The number of hydrogen-bond donors (Lipinski definition) is 0. The van der Waals surface area contributed by atoms with Crippen LogP contribution in [0.3, 0.4) is 0 Å². The van der Waals surface area contributed by atoms with Crippen molar-refractivity contribution >= 4 is 23.2 Å². The summed E-state index contributed by atoms with van der Waals surface area (Å²) < 4.78 is 18.7. The van der Waals surface area contributed by atoms with Crippen LogP contribution in [0.2, 0.25) is 5.02 Å². The number of benzene rings is 2. The summed E-state index contributed by atoms with van der Waals surface area (Å²) >= 11 is 6.00. The van der Waals surface area contributed by atoms with E-state index in [1.807, 2.05) is 12.1 Å². The highest BCUT2D eigenvalue weighted by atomic mass is 35.5. The molecule has 1 aliphatic heterocycles. The van der Waals surface area contributed by atoms with Gasteiger partial charge in [0.05, 0.1) is 5.92 Å². The van der Waals surface area contributed by atoms with Crippen LogP contribution in [0, 0.1) is 12.7 Å². The van der Waals surface area contributed by atoms with E-state index in [-0.39, 0.29) is 24.1 Å². The predicted octanol–water partition coefficient (Wildman–Crippen LogP) is 4.36. The molecule has 0 radical (unpaired) electrons. The van der Waals surface area contributed by atoms with Crippen LogP contribution in [0.5, 0.6) is 0 Å². The van der Waals surface area contributed by atoms with Crippen molar-refractivity contribution in [3.63, 3.8) is 0 Å². The average molecular weight is 372 g/mol. The summed E-state index contributed by atoms with van der Waals surface area (Å²) in [5.74, 6) is 0.277. The maximum Gasteiger partial charge on any atom is 0.232 e. The molecule has 132 valence electrons. The van der Waals surface area contributed by atoms with Gasteiger partial charge in [0.1, 0.15) is 5.82 Å². The Labute approximate surface area is 154 Å². The van der Waals surface area contributed by atoms with E-state index in [4.69, 9.17) is 16.1 Å². The maximum atomic E-state index is 13.3. The molecule has 0 saturated carbocycles. The van der Waals surface area contributed by atoms with Crippen LogP contribution in [-0.2, 0) is 4.79 Å². The minimum atomic E-state index is -0.322. The molecule has 1 atom stereocenters. The second kappa shape index (κ2) is 6.53. The topological polar surface area (TPSA) is 59.2 Å². The van der Waals surface area contributed by atoms with Crippen molar-refractivity contribution in [1.82, 2.24) is 10.1 Å². The molecule has 1 saturated heterocycles. The van der Waals surface area contributed by atoms with Crippen molar-refractivity contribution in [2.45, 2.75) is 19.3 Å². The Balaban J connectivity index is 1.58. The molecular formula is C19H15ClFN3O2. The molecule has 1 aliphatic rings. The van der Waals surface area contributed by atoms with Gasteiger partial charge in [-0.25, -0.2) is 4.39 Å². The third-order valence-corrected chi connectivity index (χ3v) is 4.68. The quantitative estimate of drug-likeness (QED) is 0.686. The summed E-state index contributed by atoms with van der Waals surface area (Å²) in [6.07, 6.45) is 0.272. The zero-order chi connectivity index (χ0) is 18.3. The first-order valence-corrected chi connectivity index (χ1v) is 8.55. The van der Waals surface area contributed by atoms with E-state index in [2.05, 4.69) is 10.1 Å². The first-order chi connectivity index (χ1) is 12.5. The smallest absolute Gasteiger partial charge is 0.232 e. The first-order valence-electron chi connectivity index (χ1n) is 8.17. The zero-order valence-corrected chi connectivity index (χ0v) is 14.7. The van der Waals surface area contributed by atoms with Gasteiger partial charge in [0, 0.05) is 29.2 Å². The van der Waals surface area contributed by atoms with Crippen LogP contribution in [0.1, 0.15) is 23.8 Å². The number of hydrogen-bond acceptors (Lipinski definition) is 4. The van der Waals surface area contributed by atoms with E-state index in [0.717, 1.165) is 5.56 Å². The number of carbonyl (C=O) groups is 1. The summed E-state index contributed by atoms with van der Waals surface area (Å²) in [6, 6.07) is 11.6. The first kappa shape index (κ1) is 16.7. The van der Waals surface area contributed by atoms with Crippen molar-refractivity contribution in [1.29, 1.82) is 0 Å². The van der Waals surface area contributed by atoms with Gasteiger partial charge in [-0.2, -0.15) is 4.98 Å². The van der Waals surface area contributed by atoms with E-state index in [1.54, 1.807) is 30.0 Å². The summed E-state index contributed by atoms with van der Waals surface area (Å²) in [6.45, 7) is 2.20. The Morgan fingerprint density at radius 2 is 2.12 bits per heavy atom. The molecule has 0 bridgehead atoms. The lowest BCUT2D eigenvalue weighted by Crippen LogP contribution is -2.25. The third-order valence-electron chi connectivity index (χ3n) is 4.45. The van der Waals surface area contributed by atoms with Crippen molar-refractivity contribution in [3.8, 4) is 11.4 Å². The molecule has 7 heteroatoms. The number of aromatic nitrogens is 2. The molecule has 3 aromatic rings. The SMILES string of the molecule is Cc1cc(F)ccc1N1CC(c2nc(-c3cccc(Cl)c3)no2)CC1=O. The Hall–Kier alpha value is -2.73. The summed E-state index contributed by atoms with van der Waals surface area (Å²) in [7, 11) is 0.